The molecule has 1 aromatic heterocycles. The molecule has 0 aliphatic heterocycles. The van der Waals surface area contributed by atoms with Gasteiger partial charge in [-0.2, -0.15) is 0 Å². The van der Waals surface area contributed by atoms with E-state index >= 15 is 0 Å². The summed E-state index contributed by atoms with van der Waals surface area (Å²) < 4.78 is 12.1. The summed E-state index contributed by atoms with van der Waals surface area (Å²) in [5, 5.41) is 7.03. The van der Waals surface area contributed by atoms with Crippen LogP contribution in [0.1, 0.15) is 16.7 Å². The van der Waals surface area contributed by atoms with Gasteiger partial charge in [-0.25, -0.2) is 0 Å². The number of aromatic nitrogens is 1. The topological polar surface area (TPSA) is 81.6 Å². The largest absolute Gasteiger partial charge is 0.497 e. The fourth-order valence-corrected chi connectivity index (χ4v) is 3.89. The van der Waals surface area contributed by atoms with Gasteiger partial charge in [-0.1, -0.05) is 6.07 Å². The molecule has 4 aromatic rings. The molecule has 0 bridgehead atoms. The van der Waals surface area contributed by atoms with Crippen LogP contribution in [-0.2, 0) is 17.9 Å². The van der Waals surface area contributed by atoms with E-state index in [2.05, 4.69) is 10.6 Å². The Bertz CT molecular complexity index is 1430. The first-order valence-electron chi connectivity index (χ1n) is 11.3. The molecule has 0 aliphatic carbocycles. The quantitative estimate of drug-likeness (QED) is 0.383. The van der Waals surface area contributed by atoms with Crippen molar-refractivity contribution in [2.75, 3.05) is 24.9 Å². The number of hydrogen-bond donors (Lipinski definition) is 2. The highest BCUT2D eigenvalue weighted by Crippen LogP contribution is 2.22. The van der Waals surface area contributed by atoms with Crippen LogP contribution < -0.4 is 25.7 Å². The Hall–Kier alpha value is -4.26. The zero-order chi connectivity index (χ0) is 24.9. The van der Waals surface area contributed by atoms with Gasteiger partial charge < -0.3 is 20.1 Å². The van der Waals surface area contributed by atoms with E-state index in [0.717, 1.165) is 28.0 Å². The number of pyridine rings is 1. The number of methoxy groups -OCH3 is 2. The molecule has 0 aliphatic rings. The van der Waals surface area contributed by atoms with Crippen molar-refractivity contribution >= 4 is 28.2 Å². The summed E-state index contributed by atoms with van der Waals surface area (Å²) in [6, 6.07) is 20.6. The summed E-state index contributed by atoms with van der Waals surface area (Å²) in [7, 11) is 3.19. The van der Waals surface area contributed by atoms with Crippen LogP contribution in [0.2, 0.25) is 0 Å². The SMILES string of the molecule is COc1ccc(NCc2cc3ccc(OC)cc3n(CC(=O)Nc3ccc(C)c(C)c3)c2=O)cc1. The maximum atomic E-state index is 13.5. The van der Waals surface area contributed by atoms with Crippen molar-refractivity contribution in [3.05, 3.63) is 93.8 Å². The maximum Gasteiger partial charge on any atom is 0.256 e. The lowest BCUT2D eigenvalue weighted by Crippen LogP contribution is -2.30. The van der Waals surface area contributed by atoms with E-state index in [0.29, 0.717) is 29.1 Å². The Morgan fingerprint density at radius 1 is 0.829 bits per heavy atom. The van der Waals surface area contributed by atoms with E-state index in [1.807, 2.05) is 74.5 Å². The van der Waals surface area contributed by atoms with Gasteiger partial charge in [0.15, 0.2) is 0 Å². The first-order chi connectivity index (χ1) is 16.9. The molecule has 0 saturated heterocycles. The molecule has 7 nitrogen and oxygen atoms in total. The molecule has 180 valence electrons. The molecule has 0 unspecified atom stereocenters. The molecule has 0 fully saturated rings. The van der Waals surface area contributed by atoms with Gasteiger partial charge in [0.1, 0.15) is 18.0 Å². The first kappa shape index (κ1) is 23.9. The Labute approximate surface area is 204 Å². The van der Waals surface area contributed by atoms with Crippen molar-refractivity contribution in [1.29, 1.82) is 0 Å². The van der Waals surface area contributed by atoms with Crippen molar-refractivity contribution in [2.24, 2.45) is 0 Å². The van der Waals surface area contributed by atoms with Crippen LogP contribution in [-0.4, -0.2) is 24.7 Å². The number of fused-ring (bicyclic) bond motifs is 1. The molecule has 1 amide bonds. The lowest BCUT2D eigenvalue weighted by Gasteiger charge is -2.15. The van der Waals surface area contributed by atoms with Crippen LogP contribution in [0.4, 0.5) is 11.4 Å². The van der Waals surface area contributed by atoms with Gasteiger partial charge in [0.2, 0.25) is 5.91 Å². The van der Waals surface area contributed by atoms with Crippen LogP contribution in [0.3, 0.4) is 0 Å². The minimum Gasteiger partial charge on any atom is -0.497 e. The lowest BCUT2D eigenvalue weighted by molar-refractivity contribution is -0.116. The van der Waals surface area contributed by atoms with Crippen molar-refractivity contribution in [3.8, 4) is 11.5 Å². The number of nitrogens with zero attached hydrogens (tertiary/aromatic N) is 1. The molecule has 35 heavy (non-hydrogen) atoms. The van der Waals surface area contributed by atoms with Crippen LogP contribution in [0.15, 0.2) is 71.5 Å². The molecule has 1 heterocycles. The Morgan fingerprint density at radius 3 is 2.20 bits per heavy atom. The van der Waals surface area contributed by atoms with Gasteiger partial charge in [-0.05, 0) is 85.0 Å². The second-order valence-corrected chi connectivity index (χ2v) is 8.41. The Morgan fingerprint density at radius 2 is 1.51 bits per heavy atom. The number of anilines is 2. The van der Waals surface area contributed by atoms with Gasteiger partial charge in [0, 0.05) is 29.5 Å². The second-order valence-electron chi connectivity index (χ2n) is 8.41. The van der Waals surface area contributed by atoms with E-state index in [4.69, 9.17) is 9.47 Å². The van der Waals surface area contributed by atoms with E-state index < -0.39 is 0 Å². The molecule has 2 N–H and O–H groups in total. The lowest BCUT2D eigenvalue weighted by atomic mass is 10.1. The second kappa shape index (κ2) is 10.3. The van der Waals surface area contributed by atoms with Crippen molar-refractivity contribution in [3.63, 3.8) is 0 Å². The third-order valence-corrected chi connectivity index (χ3v) is 6.04. The molecule has 0 radical (unpaired) electrons. The number of hydrogen-bond acceptors (Lipinski definition) is 5. The molecule has 0 saturated carbocycles. The number of rotatable bonds is 8. The van der Waals surface area contributed by atoms with E-state index in [9.17, 15) is 9.59 Å². The van der Waals surface area contributed by atoms with Crippen LogP contribution >= 0.6 is 0 Å². The third-order valence-electron chi connectivity index (χ3n) is 6.04. The standard InChI is InChI=1S/C28H29N3O4/c1-18-5-7-23(13-19(18)2)30-27(32)17-31-26-15-25(35-4)10-6-20(26)14-21(28(31)33)16-29-22-8-11-24(34-3)12-9-22/h5-15,29H,16-17H2,1-4H3,(H,30,32). The average molecular weight is 472 g/mol. The number of aryl methyl sites for hydroxylation is 2. The third kappa shape index (κ3) is 5.46. The molecule has 0 atom stereocenters. The number of carbonyl (C=O) groups excluding carboxylic acids is 1. The summed E-state index contributed by atoms with van der Waals surface area (Å²) in [6.07, 6.45) is 0. The molecule has 4 rings (SSSR count). The monoisotopic (exact) mass is 471 g/mol. The zero-order valence-corrected chi connectivity index (χ0v) is 20.3. The van der Waals surface area contributed by atoms with Crippen molar-refractivity contribution < 1.29 is 14.3 Å². The first-order valence-corrected chi connectivity index (χ1v) is 11.3. The van der Waals surface area contributed by atoms with E-state index in [1.54, 1.807) is 20.3 Å². The van der Waals surface area contributed by atoms with Crippen LogP contribution in [0.25, 0.3) is 10.9 Å². The van der Waals surface area contributed by atoms with Crippen molar-refractivity contribution in [2.45, 2.75) is 26.9 Å². The smallest absolute Gasteiger partial charge is 0.256 e. The van der Waals surface area contributed by atoms with Crippen LogP contribution in [0, 0.1) is 13.8 Å². The number of ether oxygens (including phenoxy) is 2. The number of nitrogens with one attached hydrogen (secondary N) is 2. The minimum atomic E-state index is -0.278. The number of benzene rings is 3. The Kier molecular flexibility index (Phi) is 7.06. The Balaban J connectivity index is 1.64. The van der Waals surface area contributed by atoms with Gasteiger partial charge in [0.05, 0.1) is 19.7 Å². The highest BCUT2D eigenvalue weighted by Gasteiger charge is 2.14. The molecule has 0 spiro atoms. The summed E-state index contributed by atoms with van der Waals surface area (Å²) >= 11 is 0. The van der Waals surface area contributed by atoms with Gasteiger partial charge in [0.25, 0.3) is 5.56 Å². The normalized spacial score (nSPS) is 10.7. The van der Waals surface area contributed by atoms with Crippen molar-refractivity contribution in [1.82, 2.24) is 4.57 Å². The fraction of sp³-hybridized carbons (Fsp3) is 0.214. The van der Waals surface area contributed by atoms with Crippen LogP contribution in [0.5, 0.6) is 11.5 Å². The fourth-order valence-electron chi connectivity index (χ4n) is 3.89. The van der Waals surface area contributed by atoms with E-state index in [1.165, 1.54) is 4.57 Å². The number of amides is 1. The number of carbonyl (C=O) groups is 1. The molecule has 3 aromatic carbocycles. The van der Waals surface area contributed by atoms with Gasteiger partial charge in [-0.3, -0.25) is 14.2 Å². The highest BCUT2D eigenvalue weighted by molar-refractivity contribution is 5.92. The van der Waals surface area contributed by atoms with Gasteiger partial charge >= 0.3 is 0 Å². The zero-order valence-electron chi connectivity index (χ0n) is 20.3. The maximum absolute atomic E-state index is 13.5. The minimum absolute atomic E-state index is 0.119. The molecular weight excluding hydrogens is 442 g/mol. The summed E-state index contributed by atoms with van der Waals surface area (Å²) in [4.78, 5) is 26.4. The average Bonchev–Trinajstić information content (AvgIpc) is 2.87. The predicted octanol–water partition coefficient (Wildman–Crippen LogP) is 4.89. The van der Waals surface area contributed by atoms with Gasteiger partial charge in [-0.15, -0.1) is 0 Å². The summed E-state index contributed by atoms with van der Waals surface area (Å²) in [6.45, 7) is 4.21. The predicted molar refractivity (Wildman–Crippen MR) is 140 cm³/mol. The molecular formula is C28H29N3O4. The van der Waals surface area contributed by atoms with E-state index in [-0.39, 0.29) is 18.0 Å². The highest BCUT2D eigenvalue weighted by atomic mass is 16.5. The molecule has 7 heteroatoms. The summed E-state index contributed by atoms with van der Waals surface area (Å²) in [5.74, 6) is 1.09. The summed E-state index contributed by atoms with van der Waals surface area (Å²) in [5.41, 5.74) is 4.75.